The number of nitrogen functional groups attached to an aromatic ring is 1. The Kier molecular flexibility index (Phi) is 6.38. The zero-order chi connectivity index (χ0) is 16.7. The first-order valence-corrected chi connectivity index (χ1v) is 7.30. The maximum atomic E-state index is 11.4. The number of nitrogens with zero attached hydrogens (tertiary/aromatic N) is 2. The van der Waals surface area contributed by atoms with Crippen molar-refractivity contribution in [3.63, 3.8) is 0 Å². The van der Waals surface area contributed by atoms with Crippen molar-refractivity contribution in [3.05, 3.63) is 41.7 Å². The lowest BCUT2D eigenvalue weighted by Crippen LogP contribution is -1.96. The molecule has 22 heavy (non-hydrogen) atoms. The summed E-state index contributed by atoms with van der Waals surface area (Å²) in [6.07, 6.45) is 3.58. The van der Waals surface area contributed by atoms with Crippen LogP contribution in [0, 0.1) is 0 Å². The van der Waals surface area contributed by atoms with Crippen molar-refractivity contribution in [2.45, 2.75) is 20.8 Å². The number of carbonyl (C=O) groups is 1. The summed E-state index contributed by atoms with van der Waals surface area (Å²) in [5.41, 5.74) is 9.60. The highest BCUT2D eigenvalue weighted by molar-refractivity contribution is 5.96. The Labute approximate surface area is 131 Å². The molecule has 0 atom stereocenters. The molecule has 2 rings (SSSR count). The van der Waals surface area contributed by atoms with Crippen molar-refractivity contribution in [2.75, 3.05) is 18.1 Å². The number of ketones is 1. The molecular formula is C17H24N4O. The number of anilines is 2. The van der Waals surface area contributed by atoms with E-state index in [4.69, 9.17) is 5.73 Å². The van der Waals surface area contributed by atoms with Crippen LogP contribution in [-0.4, -0.2) is 23.6 Å². The van der Waals surface area contributed by atoms with Crippen molar-refractivity contribution < 1.29 is 4.79 Å². The Bertz CT molecular complexity index is 671. The van der Waals surface area contributed by atoms with Gasteiger partial charge in [0.1, 0.15) is 0 Å². The van der Waals surface area contributed by atoms with Crippen molar-refractivity contribution in [1.29, 1.82) is 0 Å². The number of hydrogen-bond donors (Lipinski definition) is 2. The van der Waals surface area contributed by atoms with Crippen molar-refractivity contribution >= 4 is 29.1 Å². The van der Waals surface area contributed by atoms with Gasteiger partial charge in [0.2, 0.25) is 0 Å². The second-order valence-electron chi connectivity index (χ2n) is 4.61. The van der Waals surface area contributed by atoms with Crippen LogP contribution in [0.4, 0.5) is 17.1 Å². The van der Waals surface area contributed by atoms with Gasteiger partial charge in [0.25, 0.3) is 0 Å². The van der Waals surface area contributed by atoms with Gasteiger partial charge in [-0.2, -0.15) is 0 Å². The summed E-state index contributed by atoms with van der Waals surface area (Å²) in [4.78, 5) is 15.8. The number of rotatable bonds is 4. The Morgan fingerprint density at radius 3 is 2.50 bits per heavy atom. The van der Waals surface area contributed by atoms with Crippen LogP contribution in [-0.2, 0) is 7.05 Å². The first-order valence-electron chi connectivity index (χ1n) is 7.30. The first-order chi connectivity index (χ1) is 10.5. The third-order valence-electron chi connectivity index (χ3n) is 3.07. The number of carbonyl (C=O) groups excluding carboxylic acids is 1. The normalized spacial score (nSPS) is 10.2. The average Bonchev–Trinajstić information content (AvgIpc) is 2.84. The maximum absolute atomic E-state index is 11.4. The highest BCUT2D eigenvalue weighted by atomic mass is 16.1. The summed E-state index contributed by atoms with van der Waals surface area (Å²) < 4.78 is 1.90. The number of aliphatic imine (C=N–C) groups is 1. The standard InChI is InChI=1S/C15H18N4O.C2H6/c1-10(20)11-4-5-14(15(6-11)17-2)18-8-13-7-12(16)9-19(13)3;1-2/h4-9,17H,16H2,1-3H3;1-2H3. The molecule has 0 amide bonds. The molecule has 0 aliphatic rings. The summed E-state index contributed by atoms with van der Waals surface area (Å²) in [6, 6.07) is 7.25. The number of nitrogens with one attached hydrogen (secondary N) is 1. The van der Waals surface area contributed by atoms with Crippen LogP contribution in [0.2, 0.25) is 0 Å². The fourth-order valence-electron chi connectivity index (χ4n) is 1.94. The van der Waals surface area contributed by atoms with Crippen LogP contribution in [0.5, 0.6) is 0 Å². The predicted molar refractivity (Wildman–Crippen MR) is 94.4 cm³/mol. The molecule has 0 bridgehead atoms. The van der Waals surface area contributed by atoms with E-state index in [0.29, 0.717) is 11.3 Å². The number of aryl methyl sites for hydroxylation is 1. The number of nitrogens with two attached hydrogens (primary N) is 1. The average molecular weight is 300 g/mol. The molecule has 0 fully saturated rings. The van der Waals surface area contributed by atoms with Gasteiger partial charge < -0.3 is 15.6 Å². The molecule has 118 valence electrons. The third kappa shape index (κ3) is 4.22. The SMILES string of the molecule is CC.CNc1cc(C(C)=O)ccc1N=Cc1cc(N)cn1C. The van der Waals surface area contributed by atoms with E-state index in [1.165, 1.54) is 0 Å². The minimum atomic E-state index is 0.0345. The van der Waals surface area contributed by atoms with E-state index < -0.39 is 0 Å². The van der Waals surface area contributed by atoms with Crippen LogP contribution in [0.15, 0.2) is 35.5 Å². The molecule has 2 aromatic rings. The number of Topliss-reactive ketones (excluding diaryl/α,β-unsaturated/α-hetero) is 1. The zero-order valence-electron chi connectivity index (χ0n) is 13.8. The van der Waals surface area contributed by atoms with E-state index in [9.17, 15) is 4.79 Å². The zero-order valence-corrected chi connectivity index (χ0v) is 13.8. The molecule has 1 heterocycles. The Morgan fingerprint density at radius 2 is 2.00 bits per heavy atom. The third-order valence-corrected chi connectivity index (χ3v) is 3.07. The molecule has 0 aliphatic heterocycles. The highest BCUT2D eigenvalue weighted by Crippen LogP contribution is 2.26. The Hall–Kier alpha value is -2.56. The fraction of sp³-hybridized carbons (Fsp3) is 0.294. The van der Waals surface area contributed by atoms with Gasteiger partial charge in [0.15, 0.2) is 5.78 Å². The summed E-state index contributed by atoms with van der Waals surface area (Å²) in [5, 5.41) is 3.05. The van der Waals surface area contributed by atoms with Crippen LogP contribution in [0.3, 0.4) is 0 Å². The van der Waals surface area contributed by atoms with E-state index in [1.807, 2.05) is 43.8 Å². The molecular weight excluding hydrogens is 276 g/mol. The van der Waals surface area contributed by atoms with Gasteiger partial charge in [0, 0.05) is 25.9 Å². The largest absolute Gasteiger partial charge is 0.397 e. The molecule has 0 aliphatic carbocycles. The molecule has 0 spiro atoms. The Balaban J connectivity index is 0.00000116. The maximum Gasteiger partial charge on any atom is 0.159 e. The lowest BCUT2D eigenvalue weighted by atomic mass is 10.1. The number of benzene rings is 1. The van der Waals surface area contributed by atoms with E-state index in [1.54, 1.807) is 32.3 Å². The number of hydrogen-bond acceptors (Lipinski definition) is 4. The number of aromatic nitrogens is 1. The molecule has 0 radical (unpaired) electrons. The first kappa shape index (κ1) is 17.5. The van der Waals surface area contributed by atoms with Gasteiger partial charge >= 0.3 is 0 Å². The second kappa shape index (κ2) is 8.02. The van der Waals surface area contributed by atoms with Crippen molar-refractivity contribution in [1.82, 2.24) is 4.57 Å². The summed E-state index contributed by atoms with van der Waals surface area (Å²) in [7, 11) is 3.72. The van der Waals surface area contributed by atoms with Crippen LogP contribution < -0.4 is 11.1 Å². The fourth-order valence-corrected chi connectivity index (χ4v) is 1.94. The minimum absolute atomic E-state index is 0.0345. The quantitative estimate of drug-likeness (QED) is 0.669. The minimum Gasteiger partial charge on any atom is -0.397 e. The molecule has 0 unspecified atom stereocenters. The van der Waals surface area contributed by atoms with E-state index >= 15 is 0 Å². The smallest absolute Gasteiger partial charge is 0.159 e. The van der Waals surface area contributed by atoms with Gasteiger partial charge in [-0.1, -0.05) is 13.8 Å². The van der Waals surface area contributed by atoms with E-state index in [2.05, 4.69) is 10.3 Å². The van der Waals surface area contributed by atoms with Gasteiger partial charge in [-0.05, 0) is 31.2 Å². The van der Waals surface area contributed by atoms with E-state index in [0.717, 1.165) is 17.1 Å². The summed E-state index contributed by atoms with van der Waals surface area (Å²) in [6.45, 7) is 5.55. The molecule has 3 N–H and O–H groups in total. The topological polar surface area (TPSA) is 72.4 Å². The molecule has 0 saturated heterocycles. The van der Waals surface area contributed by atoms with Crippen molar-refractivity contribution in [2.24, 2.45) is 12.0 Å². The second-order valence-corrected chi connectivity index (χ2v) is 4.61. The van der Waals surface area contributed by atoms with Crippen LogP contribution in [0.25, 0.3) is 0 Å². The molecule has 1 aromatic carbocycles. The monoisotopic (exact) mass is 300 g/mol. The van der Waals surface area contributed by atoms with Crippen LogP contribution in [0.1, 0.15) is 36.8 Å². The van der Waals surface area contributed by atoms with Gasteiger partial charge in [-0.25, -0.2) is 0 Å². The molecule has 0 saturated carbocycles. The van der Waals surface area contributed by atoms with Gasteiger partial charge in [-0.15, -0.1) is 0 Å². The van der Waals surface area contributed by atoms with Gasteiger partial charge in [-0.3, -0.25) is 9.79 Å². The Morgan fingerprint density at radius 1 is 1.32 bits per heavy atom. The molecule has 5 nitrogen and oxygen atoms in total. The van der Waals surface area contributed by atoms with Gasteiger partial charge in [0.05, 0.1) is 29.0 Å². The molecule has 1 aromatic heterocycles. The molecule has 5 heteroatoms. The predicted octanol–water partition coefficient (Wildman–Crippen LogP) is 3.63. The summed E-state index contributed by atoms with van der Waals surface area (Å²) >= 11 is 0. The lowest BCUT2D eigenvalue weighted by molar-refractivity contribution is 0.101. The highest BCUT2D eigenvalue weighted by Gasteiger charge is 2.05. The summed E-state index contributed by atoms with van der Waals surface area (Å²) in [5.74, 6) is 0.0345. The van der Waals surface area contributed by atoms with E-state index in [-0.39, 0.29) is 5.78 Å². The van der Waals surface area contributed by atoms with Crippen molar-refractivity contribution in [3.8, 4) is 0 Å². The lowest BCUT2D eigenvalue weighted by Gasteiger charge is -2.06. The van der Waals surface area contributed by atoms with Crippen LogP contribution >= 0.6 is 0 Å².